The van der Waals surface area contributed by atoms with E-state index in [2.05, 4.69) is 26.0 Å². The lowest BCUT2D eigenvalue weighted by Crippen LogP contribution is -2.60. The van der Waals surface area contributed by atoms with Crippen molar-refractivity contribution in [2.45, 2.75) is 57.3 Å². The molecule has 162 valence electrons. The van der Waals surface area contributed by atoms with Gasteiger partial charge in [0.15, 0.2) is 5.78 Å². The highest BCUT2D eigenvalue weighted by atomic mass is 16.8. The first-order chi connectivity index (χ1) is 14.8. The average molecular weight is 419 g/mol. The Kier molecular flexibility index (Phi) is 3.90. The highest BCUT2D eigenvalue weighted by Gasteiger charge is 2.75. The van der Waals surface area contributed by atoms with Crippen molar-refractivity contribution in [1.29, 1.82) is 0 Å². The van der Waals surface area contributed by atoms with Crippen molar-refractivity contribution in [3.05, 3.63) is 65.8 Å². The fraction of sp³-hybridized carbons (Fsp3) is 0.519. The molecule has 4 heteroatoms. The third-order valence-electron chi connectivity index (χ3n) is 9.16. The summed E-state index contributed by atoms with van der Waals surface area (Å²) in [5, 5.41) is 12.2. The van der Waals surface area contributed by atoms with Crippen molar-refractivity contribution in [3.8, 4) is 5.75 Å². The van der Waals surface area contributed by atoms with E-state index in [1.54, 1.807) is 6.08 Å². The maximum absolute atomic E-state index is 12.2. The summed E-state index contributed by atoms with van der Waals surface area (Å²) < 4.78 is 12.2. The SMILES string of the molecule is C[C@]12C=CC(=O)C=C1CC[C@@H]1C2=CC[C@@]2(C)[C@H]1CC[C@]2(O)C1(Oc2ccccc2)CO1. The predicted octanol–water partition coefficient (Wildman–Crippen LogP) is 4.75. The van der Waals surface area contributed by atoms with Crippen LogP contribution in [0.3, 0.4) is 0 Å². The topological polar surface area (TPSA) is 59.1 Å². The molecule has 3 fully saturated rings. The number of allylic oxidation sites excluding steroid dienone is 6. The lowest BCUT2D eigenvalue weighted by atomic mass is 9.51. The number of para-hydroxylation sites is 1. The lowest BCUT2D eigenvalue weighted by Gasteiger charge is -2.54. The number of ether oxygens (including phenoxy) is 2. The molecule has 1 unspecified atom stereocenters. The van der Waals surface area contributed by atoms with E-state index in [4.69, 9.17) is 9.47 Å². The molecule has 0 bridgehead atoms. The molecule has 31 heavy (non-hydrogen) atoms. The van der Waals surface area contributed by atoms with Gasteiger partial charge < -0.3 is 14.6 Å². The first-order valence-electron chi connectivity index (χ1n) is 11.6. The standard InChI is InChI=1S/C27H30O4/c1-24-13-10-19(28)16-18(24)8-9-21-22(24)11-14-25(2)23(21)12-15-26(25,29)27(17-30-27)31-20-6-4-3-5-7-20/h3-7,10-11,13,16,21,23,29H,8-9,12,14-15,17H2,1-2H3/t21-,23+,24+,25+,26-,27?/m1/s1. The fourth-order valence-corrected chi connectivity index (χ4v) is 7.29. The van der Waals surface area contributed by atoms with E-state index in [-0.39, 0.29) is 16.6 Å². The summed E-state index contributed by atoms with van der Waals surface area (Å²) in [6.45, 7) is 4.93. The summed E-state index contributed by atoms with van der Waals surface area (Å²) in [6.07, 6.45) is 12.5. The van der Waals surface area contributed by atoms with Crippen LogP contribution in [0.2, 0.25) is 0 Å². The van der Waals surface area contributed by atoms with Crippen molar-refractivity contribution in [2.24, 2.45) is 22.7 Å². The summed E-state index contributed by atoms with van der Waals surface area (Å²) in [5.74, 6) is 0.685. The number of hydrogen-bond acceptors (Lipinski definition) is 4. The quantitative estimate of drug-likeness (QED) is 0.568. The lowest BCUT2D eigenvalue weighted by molar-refractivity contribution is -0.192. The second kappa shape index (κ2) is 6.20. The molecule has 6 atom stereocenters. The number of carbonyl (C=O) groups excluding carboxylic acids is 1. The van der Waals surface area contributed by atoms with E-state index in [9.17, 15) is 9.90 Å². The van der Waals surface area contributed by atoms with Gasteiger partial charge >= 0.3 is 0 Å². The molecular formula is C27H30O4. The zero-order valence-electron chi connectivity index (χ0n) is 18.3. The van der Waals surface area contributed by atoms with Gasteiger partial charge in [-0.1, -0.05) is 48.4 Å². The van der Waals surface area contributed by atoms with Gasteiger partial charge in [0.2, 0.25) is 0 Å². The average Bonchev–Trinajstić information content (AvgIpc) is 3.49. The maximum Gasteiger partial charge on any atom is 0.264 e. The molecule has 0 spiro atoms. The van der Waals surface area contributed by atoms with Gasteiger partial charge in [0.05, 0.1) is 0 Å². The number of carbonyl (C=O) groups is 1. The highest BCUT2D eigenvalue weighted by Crippen LogP contribution is 2.68. The van der Waals surface area contributed by atoms with Crippen molar-refractivity contribution in [3.63, 3.8) is 0 Å². The summed E-state index contributed by atoms with van der Waals surface area (Å²) >= 11 is 0. The van der Waals surface area contributed by atoms with Crippen LogP contribution in [0.4, 0.5) is 0 Å². The van der Waals surface area contributed by atoms with E-state index < -0.39 is 11.4 Å². The van der Waals surface area contributed by atoms with Crippen molar-refractivity contribution >= 4 is 5.78 Å². The maximum atomic E-state index is 12.2. The number of fused-ring (bicyclic) bond motifs is 5. The van der Waals surface area contributed by atoms with Crippen LogP contribution in [-0.4, -0.2) is 28.9 Å². The Balaban J connectivity index is 1.36. The van der Waals surface area contributed by atoms with Gasteiger partial charge in [0, 0.05) is 10.8 Å². The van der Waals surface area contributed by atoms with Crippen LogP contribution in [-0.2, 0) is 9.53 Å². The zero-order chi connectivity index (χ0) is 21.5. The van der Waals surface area contributed by atoms with Gasteiger partial charge in [0.1, 0.15) is 18.0 Å². The molecule has 0 amide bonds. The monoisotopic (exact) mass is 418 g/mol. The number of aliphatic hydroxyl groups is 1. The van der Waals surface area contributed by atoms with Crippen molar-refractivity contribution in [1.82, 2.24) is 0 Å². The fourth-order valence-electron chi connectivity index (χ4n) is 7.29. The smallest absolute Gasteiger partial charge is 0.264 e. The van der Waals surface area contributed by atoms with E-state index >= 15 is 0 Å². The van der Waals surface area contributed by atoms with Gasteiger partial charge in [0.25, 0.3) is 5.79 Å². The molecule has 4 nitrogen and oxygen atoms in total. The Hall–Kier alpha value is -2.17. The van der Waals surface area contributed by atoms with Crippen LogP contribution in [0.25, 0.3) is 0 Å². The number of ketones is 1. The summed E-state index contributed by atoms with van der Waals surface area (Å²) in [4.78, 5) is 12.0. The van der Waals surface area contributed by atoms with E-state index in [1.165, 1.54) is 11.1 Å². The minimum atomic E-state index is -1.03. The number of benzene rings is 1. The minimum Gasteiger partial charge on any atom is -0.457 e. The molecule has 0 radical (unpaired) electrons. The molecule has 1 saturated heterocycles. The van der Waals surface area contributed by atoms with E-state index in [1.807, 2.05) is 36.4 Å². The third-order valence-corrected chi connectivity index (χ3v) is 9.16. The van der Waals surface area contributed by atoms with Gasteiger partial charge in [-0.25, -0.2) is 0 Å². The zero-order valence-corrected chi connectivity index (χ0v) is 18.3. The van der Waals surface area contributed by atoms with E-state index in [0.717, 1.165) is 31.4 Å². The molecule has 1 heterocycles. The Bertz CT molecular complexity index is 1030. The molecular weight excluding hydrogens is 388 g/mol. The van der Waals surface area contributed by atoms with Crippen LogP contribution >= 0.6 is 0 Å². The molecule has 0 aromatic heterocycles. The molecule has 1 aromatic carbocycles. The van der Waals surface area contributed by atoms with Crippen LogP contribution < -0.4 is 4.74 Å². The molecule has 1 aromatic rings. The predicted molar refractivity (Wildman–Crippen MR) is 117 cm³/mol. The Morgan fingerprint density at radius 1 is 1.16 bits per heavy atom. The molecule has 6 rings (SSSR count). The Morgan fingerprint density at radius 2 is 1.94 bits per heavy atom. The highest BCUT2D eigenvalue weighted by molar-refractivity contribution is 6.01. The Labute approximate surface area is 183 Å². The van der Waals surface area contributed by atoms with Gasteiger partial charge in [-0.3, -0.25) is 4.79 Å². The molecule has 4 aliphatic carbocycles. The summed E-state index contributed by atoms with van der Waals surface area (Å²) in [7, 11) is 0. The third kappa shape index (κ3) is 2.46. The molecule has 2 saturated carbocycles. The minimum absolute atomic E-state index is 0.105. The van der Waals surface area contributed by atoms with Crippen LogP contribution in [0.15, 0.2) is 65.8 Å². The summed E-state index contributed by atoms with van der Waals surface area (Å²) in [6, 6.07) is 9.70. The second-order valence-electron chi connectivity index (χ2n) is 10.5. The van der Waals surface area contributed by atoms with Gasteiger partial charge in [-0.15, -0.1) is 0 Å². The van der Waals surface area contributed by atoms with Gasteiger partial charge in [-0.05, 0) is 75.1 Å². The Morgan fingerprint density at radius 3 is 2.68 bits per heavy atom. The van der Waals surface area contributed by atoms with Crippen molar-refractivity contribution < 1.29 is 19.4 Å². The normalized spacial score (nSPS) is 45.2. The summed E-state index contributed by atoms with van der Waals surface area (Å²) in [5.41, 5.74) is 1.19. The first kappa shape index (κ1) is 19.5. The largest absolute Gasteiger partial charge is 0.457 e. The van der Waals surface area contributed by atoms with Crippen LogP contribution in [0.1, 0.15) is 46.0 Å². The number of hydrogen-bond donors (Lipinski definition) is 1. The number of epoxide rings is 1. The molecule has 1 aliphatic heterocycles. The molecule has 5 aliphatic rings. The van der Waals surface area contributed by atoms with Gasteiger partial charge in [-0.2, -0.15) is 0 Å². The van der Waals surface area contributed by atoms with Crippen molar-refractivity contribution in [2.75, 3.05) is 6.61 Å². The van der Waals surface area contributed by atoms with Crippen LogP contribution in [0, 0.1) is 22.7 Å². The first-order valence-corrected chi connectivity index (χ1v) is 11.6. The van der Waals surface area contributed by atoms with Crippen LogP contribution in [0.5, 0.6) is 5.75 Å². The molecule has 1 N–H and O–H groups in total. The second-order valence-corrected chi connectivity index (χ2v) is 10.5. The number of rotatable bonds is 3. The van der Waals surface area contributed by atoms with E-state index in [0.29, 0.717) is 24.9 Å².